The fourth-order valence-electron chi connectivity index (χ4n) is 3.58. The Morgan fingerprint density at radius 2 is 1.78 bits per heavy atom. The van der Waals surface area contributed by atoms with Crippen LogP contribution in [-0.2, 0) is 16.0 Å². The maximum Gasteiger partial charge on any atom is 0.550 e. The summed E-state index contributed by atoms with van der Waals surface area (Å²) in [5, 5.41) is 0.672. The quantitative estimate of drug-likeness (QED) is 0.118. The first-order valence-electron chi connectivity index (χ1n) is 11.9. The van der Waals surface area contributed by atoms with E-state index in [9.17, 15) is 4.79 Å². The fraction of sp³-hybridized carbons (Fsp3) is 0.179. The summed E-state index contributed by atoms with van der Waals surface area (Å²) in [6.45, 7) is 3.69. The Hall–Kier alpha value is -4.24. The van der Waals surface area contributed by atoms with Crippen LogP contribution in [0.5, 0.6) is 5.88 Å². The summed E-state index contributed by atoms with van der Waals surface area (Å²) in [6.07, 6.45) is 3.16. The number of carbonyl (C=O) groups is 1. The van der Waals surface area contributed by atoms with Crippen LogP contribution in [0.3, 0.4) is 0 Å². The Bertz CT molecular complexity index is 1470. The lowest BCUT2D eigenvalue weighted by Crippen LogP contribution is -2.17. The van der Waals surface area contributed by atoms with E-state index in [1.54, 1.807) is 23.7 Å². The summed E-state index contributed by atoms with van der Waals surface area (Å²) in [5.74, 6) is 0.922. The van der Waals surface area contributed by atoms with Gasteiger partial charge >= 0.3 is 6.16 Å². The maximum atomic E-state index is 12.2. The second-order valence-electron chi connectivity index (χ2n) is 8.28. The van der Waals surface area contributed by atoms with Crippen LogP contribution in [0.25, 0.3) is 16.9 Å². The molecule has 37 heavy (non-hydrogen) atoms. The number of hydrogen-bond donors (Lipinski definition) is 0. The molecule has 0 amide bonds. The third-order valence-electron chi connectivity index (χ3n) is 5.61. The number of fused-ring (bicyclic) bond motifs is 1. The number of benzene rings is 2. The molecule has 5 rings (SSSR count). The van der Waals surface area contributed by atoms with Gasteiger partial charge in [0.25, 0.3) is 5.88 Å². The van der Waals surface area contributed by atoms with Crippen LogP contribution >= 0.6 is 11.8 Å². The van der Waals surface area contributed by atoms with Crippen LogP contribution in [0, 0.1) is 0 Å². The monoisotopic (exact) mass is 515 g/mol. The van der Waals surface area contributed by atoms with Crippen molar-refractivity contribution in [2.24, 2.45) is 0 Å². The fourth-order valence-corrected chi connectivity index (χ4v) is 4.48. The molecule has 1 unspecified atom stereocenters. The van der Waals surface area contributed by atoms with Crippen LogP contribution < -0.4 is 4.89 Å². The highest BCUT2D eigenvalue weighted by Gasteiger charge is 2.23. The molecule has 2 aromatic carbocycles. The van der Waals surface area contributed by atoms with E-state index in [0.29, 0.717) is 40.7 Å². The Kier molecular flexibility index (Phi) is 7.41. The average Bonchev–Trinajstić information content (AvgIpc) is 3.56. The van der Waals surface area contributed by atoms with E-state index < -0.39 is 6.16 Å². The Labute approximate surface area is 218 Å². The molecule has 188 valence electrons. The third-order valence-corrected chi connectivity index (χ3v) is 6.58. The minimum Gasteiger partial charge on any atom is -0.469 e. The molecule has 0 fully saturated rings. The van der Waals surface area contributed by atoms with Gasteiger partial charge in [0.2, 0.25) is 0 Å². The summed E-state index contributed by atoms with van der Waals surface area (Å²) in [6, 6.07) is 23.4. The zero-order chi connectivity index (χ0) is 25.6. The summed E-state index contributed by atoms with van der Waals surface area (Å²) in [4.78, 5) is 33.7. The number of aromatic nitrogens is 3. The molecule has 0 radical (unpaired) electrons. The number of furan rings is 1. The topological polar surface area (TPSA) is 88.1 Å². The van der Waals surface area contributed by atoms with Crippen molar-refractivity contribution in [2.75, 3.05) is 0 Å². The van der Waals surface area contributed by atoms with Gasteiger partial charge in [0.15, 0.2) is 5.65 Å². The van der Waals surface area contributed by atoms with Crippen molar-refractivity contribution in [3.63, 3.8) is 0 Å². The molecule has 9 heteroatoms. The highest BCUT2D eigenvalue weighted by molar-refractivity contribution is 7.99. The van der Waals surface area contributed by atoms with Crippen LogP contribution in [0.4, 0.5) is 4.79 Å². The first kappa shape index (κ1) is 24.5. The summed E-state index contributed by atoms with van der Waals surface area (Å²) >= 11 is 1.49. The molecule has 5 aromatic rings. The van der Waals surface area contributed by atoms with Crippen LogP contribution in [-0.4, -0.2) is 26.6 Å². The molecular weight excluding hydrogens is 490 g/mol. The van der Waals surface area contributed by atoms with E-state index in [0.717, 1.165) is 10.5 Å². The zero-order valence-corrected chi connectivity index (χ0v) is 21.2. The Morgan fingerprint density at radius 3 is 2.49 bits per heavy atom. The van der Waals surface area contributed by atoms with Gasteiger partial charge in [-0.05, 0) is 37.6 Å². The predicted molar refractivity (Wildman–Crippen MR) is 138 cm³/mol. The zero-order valence-electron chi connectivity index (χ0n) is 20.4. The van der Waals surface area contributed by atoms with Crippen molar-refractivity contribution in [1.29, 1.82) is 0 Å². The van der Waals surface area contributed by atoms with Gasteiger partial charge in [-0.1, -0.05) is 67.2 Å². The number of rotatable bonds is 9. The SMILES string of the molecule is CCC(C)OC(=O)OOc1c(Cc2ccco2)nc2c(Sc3ccccc3)nc(-c3ccccc3)cn12. The largest absolute Gasteiger partial charge is 0.550 e. The molecule has 0 aliphatic carbocycles. The smallest absolute Gasteiger partial charge is 0.469 e. The highest BCUT2D eigenvalue weighted by atomic mass is 32.2. The van der Waals surface area contributed by atoms with E-state index in [4.69, 9.17) is 28.9 Å². The van der Waals surface area contributed by atoms with Gasteiger partial charge in [-0.25, -0.2) is 14.9 Å². The summed E-state index contributed by atoms with van der Waals surface area (Å²) in [5.41, 5.74) is 2.71. The van der Waals surface area contributed by atoms with E-state index in [1.807, 2.05) is 79.9 Å². The van der Waals surface area contributed by atoms with Crippen molar-refractivity contribution >= 4 is 23.6 Å². The van der Waals surface area contributed by atoms with Crippen LogP contribution in [0.1, 0.15) is 31.7 Å². The molecule has 0 saturated heterocycles. The van der Waals surface area contributed by atoms with Gasteiger partial charge in [0.1, 0.15) is 22.6 Å². The maximum absolute atomic E-state index is 12.2. The van der Waals surface area contributed by atoms with Crippen molar-refractivity contribution < 1.29 is 23.7 Å². The molecule has 3 aromatic heterocycles. The lowest BCUT2D eigenvalue weighted by atomic mass is 10.2. The standard InChI is InChI=1S/C28H25N3O5S/c1-3-19(2)34-28(32)36-35-27-23(17-21-13-10-16-33-21)29-25-26(37-22-14-8-5-9-15-22)30-24(18-31(25)27)20-11-6-4-7-12-20/h4-16,18-19H,3,17H2,1-2H3. The first-order valence-corrected chi connectivity index (χ1v) is 12.7. The van der Waals surface area contributed by atoms with Crippen molar-refractivity contribution in [1.82, 2.24) is 14.4 Å². The highest BCUT2D eigenvalue weighted by Crippen LogP contribution is 2.35. The van der Waals surface area contributed by atoms with E-state index in [-0.39, 0.29) is 12.0 Å². The number of carbonyl (C=O) groups excluding carboxylic acids is 1. The average molecular weight is 516 g/mol. The van der Waals surface area contributed by atoms with Crippen molar-refractivity contribution in [3.8, 4) is 17.1 Å². The van der Waals surface area contributed by atoms with Crippen molar-refractivity contribution in [2.45, 2.75) is 42.7 Å². The molecule has 1 atom stereocenters. The van der Waals surface area contributed by atoms with Crippen LogP contribution in [0.15, 0.2) is 99.6 Å². The van der Waals surface area contributed by atoms with Gasteiger partial charge in [0, 0.05) is 16.7 Å². The van der Waals surface area contributed by atoms with E-state index in [1.165, 1.54) is 11.8 Å². The van der Waals surface area contributed by atoms with Gasteiger partial charge in [-0.3, -0.25) is 9.29 Å². The summed E-state index contributed by atoms with van der Waals surface area (Å²) < 4.78 is 12.5. The number of ether oxygens (including phenoxy) is 1. The molecule has 0 spiro atoms. The molecule has 0 aliphatic rings. The Morgan fingerprint density at radius 1 is 1.03 bits per heavy atom. The van der Waals surface area contributed by atoms with Gasteiger partial charge in [-0.2, -0.15) is 4.79 Å². The second kappa shape index (κ2) is 11.2. The van der Waals surface area contributed by atoms with Crippen molar-refractivity contribution in [3.05, 3.63) is 96.7 Å². The third kappa shape index (κ3) is 5.78. The normalized spacial score (nSPS) is 11.8. The minimum atomic E-state index is -0.926. The molecule has 0 aliphatic heterocycles. The van der Waals surface area contributed by atoms with E-state index in [2.05, 4.69) is 0 Å². The predicted octanol–water partition coefficient (Wildman–Crippen LogP) is 6.98. The van der Waals surface area contributed by atoms with Gasteiger partial charge < -0.3 is 9.15 Å². The summed E-state index contributed by atoms with van der Waals surface area (Å²) in [7, 11) is 0. The second-order valence-corrected chi connectivity index (χ2v) is 9.34. The van der Waals surface area contributed by atoms with E-state index >= 15 is 0 Å². The van der Waals surface area contributed by atoms with Crippen LogP contribution in [0.2, 0.25) is 0 Å². The molecule has 0 N–H and O–H groups in total. The van der Waals surface area contributed by atoms with Gasteiger partial charge in [-0.15, -0.1) is 0 Å². The molecule has 8 nitrogen and oxygen atoms in total. The number of hydrogen-bond acceptors (Lipinski definition) is 8. The molecule has 3 heterocycles. The molecular formula is C28H25N3O5S. The minimum absolute atomic E-state index is 0.238. The number of nitrogens with zero attached hydrogens (tertiary/aromatic N) is 3. The first-order chi connectivity index (χ1) is 18.1. The molecule has 0 bridgehead atoms. The number of imidazole rings is 1. The Balaban J connectivity index is 1.61. The molecule has 0 saturated carbocycles. The van der Waals surface area contributed by atoms with Gasteiger partial charge in [0.05, 0.1) is 18.4 Å². The lowest BCUT2D eigenvalue weighted by molar-refractivity contribution is -0.177. The lowest BCUT2D eigenvalue weighted by Gasteiger charge is -2.11.